The molecule has 3 aromatic rings. The molecule has 3 nitrogen and oxygen atoms in total. The highest BCUT2D eigenvalue weighted by Crippen LogP contribution is 2.29. The Morgan fingerprint density at radius 2 is 1.79 bits per heavy atom. The Hall–Kier alpha value is -2.55. The topological polar surface area (TPSA) is 48.1 Å². The van der Waals surface area contributed by atoms with E-state index in [4.69, 9.17) is 10.5 Å². The van der Waals surface area contributed by atoms with Gasteiger partial charge in [-0.05, 0) is 35.7 Å². The average Bonchev–Trinajstić information content (AvgIpc) is 2.47. The standard InChI is InChI=1S/C16H14N2O/c1-19-14-7-4-11-8-9-18-16(15(11)10-14)12-2-5-13(17)6-3-12/h2-10H,17H2,1H3. The lowest BCUT2D eigenvalue weighted by Crippen LogP contribution is -1.89. The van der Waals surface area contributed by atoms with Gasteiger partial charge in [-0.1, -0.05) is 18.2 Å². The second kappa shape index (κ2) is 4.61. The largest absolute Gasteiger partial charge is 0.497 e. The van der Waals surface area contributed by atoms with Crippen molar-refractivity contribution in [3.8, 4) is 17.0 Å². The van der Waals surface area contributed by atoms with Gasteiger partial charge in [0, 0.05) is 22.8 Å². The van der Waals surface area contributed by atoms with Crippen LogP contribution in [-0.4, -0.2) is 12.1 Å². The molecule has 3 rings (SSSR count). The third-order valence-electron chi connectivity index (χ3n) is 3.16. The summed E-state index contributed by atoms with van der Waals surface area (Å²) in [6.07, 6.45) is 1.82. The molecule has 94 valence electrons. The zero-order valence-corrected chi connectivity index (χ0v) is 10.6. The number of nitrogens with two attached hydrogens (primary N) is 1. The zero-order chi connectivity index (χ0) is 13.2. The summed E-state index contributed by atoms with van der Waals surface area (Å²) in [5.74, 6) is 0.831. The van der Waals surface area contributed by atoms with Crippen molar-refractivity contribution in [2.45, 2.75) is 0 Å². The number of hydrogen-bond acceptors (Lipinski definition) is 3. The minimum Gasteiger partial charge on any atom is -0.497 e. The molecule has 0 aliphatic rings. The molecule has 0 amide bonds. The van der Waals surface area contributed by atoms with Gasteiger partial charge in [0.2, 0.25) is 0 Å². The number of hydrogen-bond donors (Lipinski definition) is 1. The Morgan fingerprint density at radius 3 is 2.53 bits per heavy atom. The minimum atomic E-state index is 0.751. The summed E-state index contributed by atoms with van der Waals surface area (Å²) in [6.45, 7) is 0. The molecule has 19 heavy (non-hydrogen) atoms. The molecule has 0 atom stereocenters. The molecule has 0 saturated carbocycles. The first-order valence-electron chi connectivity index (χ1n) is 6.06. The number of rotatable bonds is 2. The van der Waals surface area contributed by atoms with Gasteiger partial charge in [0.25, 0.3) is 0 Å². The molecular formula is C16H14N2O. The molecular weight excluding hydrogens is 236 g/mol. The third kappa shape index (κ3) is 2.10. The molecule has 3 heteroatoms. The van der Waals surface area contributed by atoms with Gasteiger partial charge < -0.3 is 10.5 Å². The summed E-state index contributed by atoms with van der Waals surface area (Å²) in [4.78, 5) is 4.49. The minimum absolute atomic E-state index is 0.751. The molecule has 0 saturated heterocycles. The van der Waals surface area contributed by atoms with Crippen LogP contribution >= 0.6 is 0 Å². The average molecular weight is 250 g/mol. The number of pyridine rings is 1. The fourth-order valence-corrected chi connectivity index (χ4v) is 2.15. The third-order valence-corrected chi connectivity index (χ3v) is 3.16. The maximum atomic E-state index is 5.72. The lowest BCUT2D eigenvalue weighted by Gasteiger charge is -2.08. The van der Waals surface area contributed by atoms with Gasteiger partial charge in [-0.25, -0.2) is 0 Å². The lowest BCUT2D eigenvalue weighted by molar-refractivity contribution is 0.415. The highest BCUT2D eigenvalue weighted by atomic mass is 16.5. The molecule has 2 aromatic carbocycles. The van der Waals surface area contributed by atoms with Crippen LogP contribution < -0.4 is 10.5 Å². The Balaban J connectivity index is 2.25. The number of fused-ring (bicyclic) bond motifs is 1. The van der Waals surface area contributed by atoms with Crippen molar-refractivity contribution in [3.05, 3.63) is 54.7 Å². The van der Waals surface area contributed by atoms with Crippen LogP contribution in [0, 0.1) is 0 Å². The first kappa shape index (κ1) is 11.5. The smallest absolute Gasteiger partial charge is 0.119 e. The number of aromatic nitrogens is 1. The molecule has 1 aromatic heterocycles. The molecule has 0 bridgehead atoms. The Morgan fingerprint density at radius 1 is 1.00 bits per heavy atom. The molecule has 0 fully saturated rings. The normalized spacial score (nSPS) is 10.6. The summed E-state index contributed by atoms with van der Waals surface area (Å²) in [6, 6.07) is 15.7. The highest BCUT2D eigenvalue weighted by Gasteiger charge is 2.06. The van der Waals surface area contributed by atoms with E-state index < -0.39 is 0 Å². The molecule has 1 heterocycles. The molecule has 0 aliphatic carbocycles. The molecule has 2 N–H and O–H groups in total. The van der Waals surface area contributed by atoms with Gasteiger partial charge in [0.1, 0.15) is 5.75 Å². The van der Waals surface area contributed by atoms with Gasteiger partial charge in [-0.3, -0.25) is 4.98 Å². The first-order valence-corrected chi connectivity index (χ1v) is 6.06. The quantitative estimate of drug-likeness (QED) is 0.708. The van der Waals surface area contributed by atoms with E-state index in [1.807, 2.05) is 54.7 Å². The van der Waals surface area contributed by atoms with Crippen LogP contribution in [0.2, 0.25) is 0 Å². The Labute approximate surface area is 111 Å². The van der Waals surface area contributed by atoms with Crippen molar-refractivity contribution in [2.75, 3.05) is 12.8 Å². The van der Waals surface area contributed by atoms with Gasteiger partial charge in [0.15, 0.2) is 0 Å². The van der Waals surface area contributed by atoms with Crippen molar-refractivity contribution < 1.29 is 4.74 Å². The molecule has 0 unspecified atom stereocenters. The fraction of sp³-hybridized carbons (Fsp3) is 0.0625. The first-order chi connectivity index (χ1) is 9.28. The van der Waals surface area contributed by atoms with Crippen LogP contribution in [0.5, 0.6) is 5.75 Å². The SMILES string of the molecule is COc1ccc2ccnc(-c3ccc(N)cc3)c2c1. The van der Waals surface area contributed by atoms with Gasteiger partial charge >= 0.3 is 0 Å². The van der Waals surface area contributed by atoms with E-state index in [0.29, 0.717) is 0 Å². The lowest BCUT2D eigenvalue weighted by atomic mass is 10.0. The Bertz CT molecular complexity index is 720. The van der Waals surface area contributed by atoms with E-state index in [1.165, 1.54) is 0 Å². The summed E-state index contributed by atoms with van der Waals surface area (Å²) in [5.41, 5.74) is 8.46. The maximum absolute atomic E-state index is 5.72. The van der Waals surface area contributed by atoms with Crippen molar-refractivity contribution in [1.29, 1.82) is 0 Å². The predicted molar refractivity (Wildman–Crippen MR) is 78.1 cm³/mol. The summed E-state index contributed by atoms with van der Waals surface area (Å²) < 4.78 is 5.28. The van der Waals surface area contributed by atoms with E-state index in [2.05, 4.69) is 4.98 Å². The maximum Gasteiger partial charge on any atom is 0.119 e. The summed E-state index contributed by atoms with van der Waals surface area (Å²) in [5, 5.41) is 2.22. The van der Waals surface area contributed by atoms with Gasteiger partial charge in [0.05, 0.1) is 12.8 Å². The zero-order valence-electron chi connectivity index (χ0n) is 10.6. The van der Waals surface area contributed by atoms with Crippen molar-refractivity contribution in [2.24, 2.45) is 0 Å². The number of benzene rings is 2. The number of methoxy groups -OCH3 is 1. The van der Waals surface area contributed by atoms with E-state index in [1.54, 1.807) is 7.11 Å². The number of anilines is 1. The summed E-state index contributed by atoms with van der Waals surface area (Å²) >= 11 is 0. The van der Waals surface area contributed by atoms with Gasteiger partial charge in [-0.15, -0.1) is 0 Å². The highest BCUT2D eigenvalue weighted by molar-refractivity contribution is 5.95. The van der Waals surface area contributed by atoms with Crippen LogP contribution in [0.15, 0.2) is 54.7 Å². The van der Waals surface area contributed by atoms with Crippen LogP contribution in [0.4, 0.5) is 5.69 Å². The fourth-order valence-electron chi connectivity index (χ4n) is 2.15. The monoisotopic (exact) mass is 250 g/mol. The second-order valence-electron chi connectivity index (χ2n) is 4.37. The summed E-state index contributed by atoms with van der Waals surface area (Å²) in [7, 11) is 1.67. The predicted octanol–water partition coefficient (Wildman–Crippen LogP) is 3.49. The molecule has 0 aliphatic heterocycles. The van der Waals surface area contributed by atoms with E-state index >= 15 is 0 Å². The second-order valence-corrected chi connectivity index (χ2v) is 4.37. The number of ether oxygens (including phenoxy) is 1. The molecule has 0 radical (unpaired) electrons. The Kier molecular flexibility index (Phi) is 2.80. The molecule has 0 spiro atoms. The van der Waals surface area contributed by atoms with Gasteiger partial charge in [-0.2, -0.15) is 0 Å². The van der Waals surface area contributed by atoms with Crippen LogP contribution in [0.25, 0.3) is 22.0 Å². The van der Waals surface area contributed by atoms with Crippen LogP contribution in [0.1, 0.15) is 0 Å². The van der Waals surface area contributed by atoms with E-state index in [0.717, 1.165) is 33.5 Å². The van der Waals surface area contributed by atoms with Crippen molar-refractivity contribution in [1.82, 2.24) is 4.98 Å². The van der Waals surface area contributed by atoms with Crippen molar-refractivity contribution in [3.63, 3.8) is 0 Å². The van der Waals surface area contributed by atoms with Crippen LogP contribution in [0.3, 0.4) is 0 Å². The van der Waals surface area contributed by atoms with Crippen LogP contribution in [-0.2, 0) is 0 Å². The van der Waals surface area contributed by atoms with E-state index in [9.17, 15) is 0 Å². The number of nitrogen functional groups attached to an aromatic ring is 1. The number of nitrogens with zero attached hydrogens (tertiary/aromatic N) is 1. The van der Waals surface area contributed by atoms with E-state index in [-0.39, 0.29) is 0 Å². The van der Waals surface area contributed by atoms with Crippen molar-refractivity contribution >= 4 is 16.5 Å².